The van der Waals surface area contributed by atoms with Gasteiger partial charge in [0.15, 0.2) is 0 Å². The van der Waals surface area contributed by atoms with Crippen molar-refractivity contribution >= 4 is 16.7 Å². The Balaban J connectivity index is 1.63. The maximum Gasteiger partial charge on any atom is 0.227 e. The number of hydrogen-bond acceptors (Lipinski definition) is 3. The van der Waals surface area contributed by atoms with E-state index in [-0.39, 0.29) is 23.1 Å². The number of nitrogens with one attached hydrogen (secondary N) is 1. The fraction of sp³-hybridized carbons (Fsp3) is 0.611. The van der Waals surface area contributed by atoms with Gasteiger partial charge in [0, 0.05) is 22.6 Å². The van der Waals surface area contributed by atoms with E-state index in [2.05, 4.69) is 5.32 Å². The van der Waals surface area contributed by atoms with Crippen LogP contribution in [0.3, 0.4) is 0 Å². The van der Waals surface area contributed by atoms with Crippen LogP contribution in [-0.2, 0) is 22.0 Å². The van der Waals surface area contributed by atoms with Gasteiger partial charge in [-0.2, -0.15) is 0 Å². The molecule has 1 heterocycles. The minimum Gasteiger partial charge on any atom is -0.492 e. The molecule has 23 heavy (non-hydrogen) atoms. The van der Waals surface area contributed by atoms with E-state index in [9.17, 15) is 9.00 Å². The van der Waals surface area contributed by atoms with Crippen LogP contribution in [0.4, 0.5) is 0 Å². The number of ether oxygens (including phenoxy) is 1. The van der Waals surface area contributed by atoms with E-state index in [1.807, 2.05) is 31.2 Å². The molecule has 1 aliphatic heterocycles. The van der Waals surface area contributed by atoms with Crippen LogP contribution in [0, 0.1) is 5.92 Å². The van der Waals surface area contributed by atoms with Crippen molar-refractivity contribution in [3.8, 4) is 5.75 Å². The standard InChI is InChI=1S/C18H25NO3S/c1-2-23(21)17-10-6-4-8-15(17)19-18(20)14-11-13-7-3-5-9-16(13)22-12-14/h3,5,7,9,14-15,17H,2,4,6,8,10-12H2,1H3,(H,19,20)/t14-,15-,17+,23+/m0/s1. The van der Waals surface area contributed by atoms with Crippen molar-refractivity contribution in [3.63, 3.8) is 0 Å². The SMILES string of the molecule is CC[S@@](=O)[C@@H]1CCCC[C@@H]1NC(=O)[C@@H]1COc2ccccc2C1. The summed E-state index contributed by atoms with van der Waals surface area (Å²) in [7, 11) is -0.847. The first-order valence-electron chi connectivity index (χ1n) is 8.57. The largest absolute Gasteiger partial charge is 0.492 e. The summed E-state index contributed by atoms with van der Waals surface area (Å²) in [5.74, 6) is 1.45. The first-order valence-corrected chi connectivity index (χ1v) is 9.95. The third kappa shape index (κ3) is 3.77. The minimum atomic E-state index is -0.847. The summed E-state index contributed by atoms with van der Waals surface area (Å²) in [5.41, 5.74) is 1.09. The highest BCUT2D eigenvalue weighted by atomic mass is 32.2. The molecule has 0 spiro atoms. The van der Waals surface area contributed by atoms with Crippen molar-refractivity contribution in [1.82, 2.24) is 5.32 Å². The van der Waals surface area contributed by atoms with Gasteiger partial charge in [-0.1, -0.05) is 38.0 Å². The van der Waals surface area contributed by atoms with Gasteiger partial charge in [-0.25, -0.2) is 0 Å². The van der Waals surface area contributed by atoms with Gasteiger partial charge in [0.2, 0.25) is 5.91 Å². The van der Waals surface area contributed by atoms with Gasteiger partial charge < -0.3 is 10.1 Å². The molecule has 1 N–H and O–H groups in total. The Hall–Kier alpha value is -1.36. The van der Waals surface area contributed by atoms with Crippen molar-refractivity contribution in [1.29, 1.82) is 0 Å². The average molecular weight is 335 g/mol. The molecule has 3 rings (SSSR count). The van der Waals surface area contributed by atoms with Gasteiger partial charge in [-0.05, 0) is 30.9 Å². The highest BCUT2D eigenvalue weighted by Crippen LogP contribution is 2.28. The fourth-order valence-corrected chi connectivity index (χ4v) is 5.02. The number of carbonyl (C=O) groups excluding carboxylic acids is 1. The zero-order valence-electron chi connectivity index (χ0n) is 13.6. The Morgan fingerprint density at radius 2 is 2.09 bits per heavy atom. The number of hydrogen-bond donors (Lipinski definition) is 1. The van der Waals surface area contributed by atoms with Gasteiger partial charge >= 0.3 is 0 Å². The Morgan fingerprint density at radius 1 is 1.30 bits per heavy atom. The second kappa shape index (κ2) is 7.47. The van der Waals surface area contributed by atoms with Crippen LogP contribution in [0.5, 0.6) is 5.75 Å². The third-order valence-corrected chi connectivity index (χ3v) is 6.71. The molecule has 1 aromatic rings. The lowest BCUT2D eigenvalue weighted by Crippen LogP contribution is -2.50. The van der Waals surface area contributed by atoms with Gasteiger partial charge in [0.1, 0.15) is 12.4 Å². The van der Waals surface area contributed by atoms with Crippen LogP contribution in [0.1, 0.15) is 38.2 Å². The summed E-state index contributed by atoms with van der Waals surface area (Å²) < 4.78 is 18.0. The molecule has 4 atom stereocenters. The summed E-state index contributed by atoms with van der Waals surface area (Å²) in [5, 5.41) is 3.28. The molecule has 0 bridgehead atoms. The lowest BCUT2D eigenvalue weighted by atomic mass is 9.92. The molecule has 0 aromatic heterocycles. The van der Waals surface area contributed by atoms with Crippen molar-refractivity contribution in [3.05, 3.63) is 29.8 Å². The van der Waals surface area contributed by atoms with Crippen molar-refractivity contribution in [2.75, 3.05) is 12.4 Å². The second-order valence-corrected chi connectivity index (χ2v) is 8.37. The Kier molecular flexibility index (Phi) is 5.36. The van der Waals surface area contributed by atoms with Gasteiger partial charge in [0.05, 0.1) is 11.2 Å². The van der Waals surface area contributed by atoms with E-state index < -0.39 is 10.8 Å². The van der Waals surface area contributed by atoms with E-state index in [0.29, 0.717) is 12.4 Å². The molecule has 1 aliphatic carbocycles. The molecule has 0 unspecified atom stereocenters. The molecule has 1 saturated carbocycles. The molecule has 4 nitrogen and oxygen atoms in total. The summed E-state index contributed by atoms with van der Waals surface area (Å²) >= 11 is 0. The molecule has 5 heteroatoms. The maximum absolute atomic E-state index is 12.6. The van der Waals surface area contributed by atoms with Crippen LogP contribution in [0.25, 0.3) is 0 Å². The lowest BCUT2D eigenvalue weighted by Gasteiger charge is -2.33. The molecule has 2 aliphatic rings. The number of para-hydroxylation sites is 1. The topological polar surface area (TPSA) is 55.4 Å². The predicted octanol–water partition coefficient (Wildman–Crippen LogP) is 2.43. The number of benzene rings is 1. The van der Waals surface area contributed by atoms with E-state index in [1.165, 1.54) is 0 Å². The Morgan fingerprint density at radius 3 is 2.91 bits per heavy atom. The van der Waals surface area contributed by atoms with Crippen LogP contribution < -0.4 is 10.1 Å². The van der Waals surface area contributed by atoms with Gasteiger partial charge in [-0.3, -0.25) is 9.00 Å². The molecule has 0 radical (unpaired) electrons. The fourth-order valence-electron chi connectivity index (χ4n) is 3.59. The number of rotatable bonds is 4. The predicted molar refractivity (Wildman–Crippen MR) is 92.0 cm³/mol. The Labute approximate surface area is 140 Å². The first kappa shape index (κ1) is 16.5. The van der Waals surface area contributed by atoms with Crippen LogP contribution >= 0.6 is 0 Å². The normalized spacial score (nSPS) is 28.3. The van der Waals surface area contributed by atoms with Gasteiger partial charge in [-0.15, -0.1) is 0 Å². The molecule has 0 saturated heterocycles. The lowest BCUT2D eigenvalue weighted by molar-refractivity contribution is -0.127. The van der Waals surface area contributed by atoms with Crippen molar-refractivity contribution < 1.29 is 13.7 Å². The number of fused-ring (bicyclic) bond motifs is 1. The number of amides is 1. The van der Waals surface area contributed by atoms with E-state index >= 15 is 0 Å². The molecule has 1 aromatic carbocycles. The summed E-state index contributed by atoms with van der Waals surface area (Å²) in [6.45, 7) is 2.38. The monoisotopic (exact) mass is 335 g/mol. The van der Waals surface area contributed by atoms with Crippen LogP contribution in [0.15, 0.2) is 24.3 Å². The highest BCUT2D eigenvalue weighted by Gasteiger charge is 2.33. The van der Waals surface area contributed by atoms with Crippen LogP contribution in [-0.4, -0.2) is 33.8 Å². The summed E-state index contributed by atoms with van der Waals surface area (Å²) in [6, 6.07) is 7.94. The molecule has 126 valence electrons. The molecular weight excluding hydrogens is 310 g/mol. The second-order valence-electron chi connectivity index (χ2n) is 6.43. The van der Waals surface area contributed by atoms with Crippen molar-refractivity contribution in [2.45, 2.75) is 50.3 Å². The average Bonchev–Trinajstić information content (AvgIpc) is 2.61. The highest BCUT2D eigenvalue weighted by molar-refractivity contribution is 7.85. The third-order valence-electron chi connectivity index (χ3n) is 4.90. The molecule has 1 amide bonds. The minimum absolute atomic E-state index is 0.0458. The smallest absolute Gasteiger partial charge is 0.227 e. The van der Waals surface area contributed by atoms with Gasteiger partial charge in [0.25, 0.3) is 0 Å². The summed E-state index contributed by atoms with van der Waals surface area (Å²) in [6.07, 6.45) is 4.83. The van der Waals surface area contributed by atoms with E-state index in [0.717, 1.165) is 43.4 Å². The summed E-state index contributed by atoms with van der Waals surface area (Å²) in [4.78, 5) is 12.6. The van der Waals surface area contributed by atoms with E-state index in [4.69, 9.17) is 4.74 Å². The first-order chi connectivity index (χ1) is 11.2. The van der Waals surface area contributed by atoms with Crippen LogP contribution in [0.2, 0.25) is 0 Å². The molecule has 1 fully saturated rings. The zero-order valence-corrected chi connectivity index (χ0v) is 14.4. The molecular formula is C18H25NO3S. The quantitative estimate of drug-likeness (QED) is 0.919. The zero-order chi connectivity index (χ0) is 16.2. The number of carbonyl (C=O) groups is 1. The maximum atomic E-state index is 12.6. The van der Waals surface area contributed by atoms with E-state index in [1.54, 1.807) is 0 Å². The Bertz CT molecular complexity index is 589. The van der Waals surface area contributed by atoms with Crippen molar-refractivity contribution in [2.24, 2.45) is 5.92 Å².